The molecule has 1 heterocycles. The molecule has 29 heavy (non-hydrogen) atoms. The first-order chi connectivity index (χ1) is 13.8. The van der Waals surface area contributed by atoms with E-state index in [1.54, 1.807) is 0 Å². The van der Waals surface area contributed by atoms with E-state index < -0.39 is 6.04 Å². The zero-order valence-electron chi connectivity index (χ0n) is 17.9. The Morgan fingerprint density at radius 3 is 2.41 bits per heavy atom. The van der Waals surface area contributed by atoms with Crippen LogP contribution in [0.2, 0.25) is 0 Å². The lowest BCUT2D eigenvalue weighted by Gasteiger charge is -2.22. The molecule has 0 saturated carbocycles. The fraction of sp³-hybridized carbons (Fsp3) is 0.524. The third kappa shape index (κ3) is 6.52. The summed E-state index contributed by atoms with van der Waals surface area (Å²) in [4.78, 5) is 27.0. The first-order valence-electron chi connectivity index (χ1n) is 10.1. The number of unbranched alkanes of at least 4 members (excludes halogenated alkanes) is 1. The van der Waals surface area contributed by atoms with Gasteiger partial charge < -0.3 is 10.2 Å². The van der Waals surface area contributed by atoms with Gasteiger partial charge in [0.15, 0.2) is 0 Å². The van der Waals surface area contributed by atoms with Gasteiger partial charge in [0.25, 0.3) is 0 Å². The number of hydrogen-bond donors (Lipinski definition) is 2. The van der Waals surface area contributed by atoms with Crippen LogP contribution in [0.25, 0.3) is 10.6 Å². The van der Waals surface area contributed by atoms with Crippen LogP contribution in [0, 0.1) is 5.92 Å². The maximum absolute atomic E-state index is 12.8. The van der Waals surface area contributed by atoms with Crippen LogP contribution in [-0.4, -0.2) is 42.1 Å². The van der Waals surface area contributed by atoms with Gasteiger partial charge in [-0.15, -0.1) is 10.2 Å². The Balaban J connectivity index is 2.06. The maximum atomic E-state index is 12.8. The number of rotatable bonds is 10. The third-order valence-corrected chi connectivity index (χ3v) is 5.74. The molecule has 2 amide bonds. The first-order valence-corrected chi connectivity index (χ1v) is 10.9. The van der Waals surface area contributed by atoms with Gasteiger partial charge in [0.05, 0.1) is 0 Å². The molecule has 0 bridgehead atoms. The Kier molecular flexibility index (Phi) is 8.57. The highest BCUT2D eigenvalue weighted by Crippen LogP contribution is 2.28. The van der Waals surface area contributed by atoms with Crippen LogP contribution in [-0.2, 0) is 9.59 Å². The van der Waals surface area contributed by atoms with Gasteiger partial charge in [-0.1, -0.05) is 44.9 Å². The van der Waals surface area contributed by atoms with Crippen LogP contribution >= 0.6 is 11.3 Å². The predicted molar refractivity (Wildman–Crippen MR) is 119 cm³/mol. The number of amides is 2. The van der Waals surface area contributed by atoms with Crippen molar-refractivity contribution in [3.8, 4) is 10.6 Å². The van der Waals surface area contributed by atoms with Crippen molar-refractivity contribution in [2.75, 3.05) is 24.3 Å². The van der Waals surface area contributed by atoms with Gasteiger partial charge in [-0.2, -0.15) is 0 Å². The molecular formula is C21H31N5O2S. The van der Waals surface area contributed by atoms with Gasteiger partial charge in [-0.3, -0.25) is 14.9 Å². The smallest absolute Gasteiger partial charge is 0.249 e. The number of carbonyl (C=O) groups is 2. The number of nitrogens with zero attached hydrogens (tertiary/aromatic N) is 3. The molecule has 158 valence electrons. The molecule has 8 heteroatoms. The molecule has 0 radical (unpaired) electrons. The summed E-state index contributed by atoms with van der Waals surface area (Å²) in [5.74, 6) is -0.326. The Labute approximate surface area is 176 Å². The van der Waals surface area contributed by atoms with Crippen LogP contribution in [0.4, 0.5) is 10.8 Å². The molecule has 7 nitrogen and oxygen atoms in total. The van der Waals surface area contributed by atoms with Crippen molar-refractivity contribution < 1.29 is 9.59 Å². The van der Waals surface area contributed by atoms with E-state index in [4.69, 9.17) is 0 Å². The summed E-state index contributed by atoms with van der Waals surface area (Å²) >= 11 is 1.32. The van der Waals surface area contributed by atoms with Gasteiger partial charge in [0, 0.05) is 31.8 Å². The van der Waals surface area contributed by atoms with Crippen molar-refractivity contribution in [3.05, 3.63) is 24.3 Å². The van der Waals surface area contributed by atoms with Gasteiger partial charge in [0.1, 0.15) is 11.0 Å². The highest BCUT2D eigenvalue weighted by molar-refractivity contribution is 7.18. The molecule has 0 aliphatic rings. The molecule has 1 aromatic heterocycles. The third-order valence-electron chi connectivity index (χ3n) is 4.86. The van der Waals surface area contributed by atoms with E-state index in [0.717, 1.165) is 35.5 Å². The monoisotopic (exact) mass is 417 g/mol. The quantitative estimate of drug-likeness (QED) is 0.612. The Morgan fingerprint density at radius 2 is 1.83 bits per heavy atom. The second-order valence-corrected chi connectivity index (χ2v) is 8.35. The molecule has 0 aliphatic carbocycles. The molecule has 2 atom stereocenters. The molecule has 2 aromatic rings. The Hall–Kier alpha value is -2.48. The topological polar surface area (TPSA) is 87.2 Å². The number of benzene rings is 1. The summed E-state index contributed by atoms with van der Waals surface area (Å²) in [5, 5.41) is 15.2. The van der Waals surface area contributed by atoms with E-state index in [-0.39, 0.29) is 17.7 Å². The number of hydrogen-bond acceptors (Lipinski definition) is 6. The average Bonchev–Trinajstić information content (AvgIpc) is 3.18. The van der Waals surface area contributed by atoms with E-state index in [0.29, 0.717) is 11.6 Å². The minimum absolute atomic E-state index is 0.0200. The van der Waals surface area contributed by atoms with E-state index in [1.807, 2.05) is 64.0 Å². The van der Waals surface area contributed by atoms with Crippen molar-refractivity contribution in [1.82, 2.24) is 15.5 Å². The predicted octanol–water partition coefficient (Wildman–Crippen LogP) is 3.93. The van der Waals surface area contributed by atoms with Gasteiger partial charge in [-0.05, 0) is 36.6 Å². The van der Waals surface area contributed by atoms with Crippen molar-refractivity contribution in [1.29, 1.82) is 0 Å². The largest absolute Gasteiger partial charge is 0.378 e. The SMILES string of the molecule is CCCCC(=O)N[C@H](C(=O)Nc1nnc(-c2ccc(N(C)C)cc2)s1)[C@@H](C)CC. The minimum atomic E-state index is -0.587. The zero-order chi connectivity index (χ0) is 21.4. The number of nitrogens with one attached hydrogen (secondary N) is 2. The minimum Gasteiger partial charge on any atom is -0.378 e. The number of aromatic nitrogens is 2. The molecule has 2 rings (SSSR count). The number of anilines is 2. The van der Waals surface area contributed by atoms with Crippen LogP contribution < -0.4 is 15.5 Å². The molecule has 2 N–H and O–H groups in total. The van der Waals surface area contributed by atoms with E-state index in [1.165, 1.54) is 11.3 Å². The average molecular weight is 418 g/mol. The fourth-order valence-corrected chi connectivity index (χ4v) is 3.51. The highest BCUT2D eigenvalue weighted by Gasteiger charge is 2.26. The molecule has 0 aliphatic heterocycles. The van der Waals surface area contributed by atoms with Crippen molar-refractivity contribution in [3.63, 3.8) is 0 Å². The Morgan fingerprint density at radius 1 is 1.14 bits per heavy atom. The van der Waals surface area contributed by atoms with E-state index in [9.17, 15) is 9.59 Å². The highest BCUT2D eigenvalue weighted by atomic mass is 32.1. The summed E-state index contributed by atoms with van der Waals surface area (Å²) in [6.07, 6.45) is 2.97. The second-order valence-electron chi connectivity index (χ2n) is 7.38. The normalized spacial score (nSPS) is 12.9. The maximum Gasteiger partial charge on any atom is 0.249 e. The molecule has 0 saturated heterocycles. The fourth-order valence-electron chi connectivity index (χ4n) is 2.76. The van der Waals surface area contributed by atoms with Crippen molar-refractivity contribution in [2.24, 2.45) is 5.92 Å². The van der Waals surface area contributed by atoms with E-state index >= 15 is 0 Å². The summed E-state index contributed by atoms with van der Waals surface area (Å²) in [5.41, 5.74) is 2.04. The van der Waals surface area contributed by atoms with Crippen LogP contribution in [0.3, 0.4) is 0 Å². The standard InChI is InChI=1S/C21H31N5O2S/c1-6-8-9-17(27)22-18(14(3)7-2)19(28)23-21-25-24-20(29-21)15-10-12-16(13-11-15)26(4)5/h10-14,18H,6-9H2,1-5H3,(H,22,27)(H,23,25,28)/t14-,18-/m0/s1. The number of carbonyl (C=O) groups excluding carboxylic acids is 2. The summed E-state index contributed by atoms with van der Waals surface area (Å²) in [6, 6.07) is 7.41. The van der Waals surface area contributed by atoms with Crippen LogP contribution in [0.1, 0.15) is 46.5 Å². The van der Waals surface area contributed by atoms with E-state index in [2.05, 4.69) is 20.8 Å². The lowest BCUT2D eigenvalue weighted by atomic mass is 9.98. The summed E-state index contributed by atoms with van der Waals surface area (Å²) in [7, 11) is 3.98. The summed E-state index contributed by atoms with van der Waals surface area (Å²) in [6.45, 7) is 6.00. The van der Waals surface area contributed by atoms with Gasteiger partial charge in [-0.25, -0.2) is 0 Å². The lowest BCUT2D eigenvalue weighted by Crippen LogP contribution is -2.47. The zero-order valence-corrected chi connectivity index (χ0v) is 18.7. The van der Waals surface area contributed by atoms with Gasteiger partial charge >= 0.3 is 0 Å². The lowest BCUT2D eigenvalue weighted by molar-refractivity contribution is -0.127. The van der Waals surface area contributed by atoms with Crippen LogP contribution in [0.15, 0.2) is 24.3 Å². The molecule has 0 fully saturated rings. The van der Waals surface area contributed by atoms with Gasteiger partial charge in [0.2, 0.25) is 16.9 Å². The summed E-state index contributed by atoms with van der Waals surface area (Å²) < 4.78 is 0. The molecule has 1 aromatic carbocycles. The van der Waals surface area contributed by atoms with Crippen molar-refractivity contribution in [2.45, 2.75) is 52.5 Å². The Bertz CT molecular complexity index is 804. The van der Waals surface area contributed by atoms with Crippen molar-refractivity contribution >= 4 is 34.0 Å². The second kappa shape index (κ2) is 10.9. The van der Waals surface area contributed by atoms with Crippen LogP contribution in [0.5, 0.6) is 0 Å². The molecule has 0 unspecified atom stereocenters. The molecular weight excluding hydrogens is 386 g/mol. The first kappa shape index (κ1) is 22.8. The molecule has 0 spiro atoms.